The first-order valence-electron chi connectivity index (χ1n) is 7.41. The minimum atomic E-state index is 0.816. The van der Waals surface area contributed by atoms with Crippen molar-refractivity contribution in [2.24, 2.45) is 0 Å². The molecule has 2 heterocycles. The molecule has 1 aliphatic heterocycles. The lowest BCUT2D eigenvalue weighted by Crippen LogP contribution is -2.36. The van der Waals surface area contributed by atoms with Crippen LogP contribution in [0.2, 0.25) is 0 Å². The lowest BCUT2D eigenvalue weighted by Gasteiger charge is -2.29. The number of benzene rings is 2. The Kier molecular flexibility index (Phi) is 3.13. The van der Waals surface area contributed by atoms with Crippen LogP contribution in [0.3, 0.4) is 0 Å². The highest BCUT2D eigenvalue weighted by atomic mass is 16.5. The Balaban J connectivity index is 1.75. The molecule has 2 aromatic carbocycles. The summed E-state index contributed by atoms with van der Waals surface area (Å²) >= 11 is 0. The average molecular weight is 278 g/mol. The van der Waals surface area contributed by atoms with Gasteiger partial charge in [-0.25, -0.2) is 0 Å². The summed E-state index contributed by atoms with van der Waals surface area (Å²) in [4.78, 5) is 2.39. The fourth-order valence-corrected chi connectivity index (χ4v) is 2.97. The van der Waals surface area contributed by atoms with Crippen LogP contribution in [-0.2, 0) is 4.74 Å². The molecule has 1 saturated heterocycles. The van der Waals surface area contributed by atoms with E-state index in [1.165, 1.54) is 22.3 Å². The lowest BCUT2D eigenvalue weighted by atomic mass is 10.2. The molecule has 0 atom stereocenters. The summed E-state index contributed by atoms with van der Waals surface area (Å²) in [7, 11) is 0. The zero-order valence-corrected chi connectivity index (χ0v) is 11.9. The summed E-state index contributed by atoms with van der Waals surface area (Å²) in [5, 5.41) is 1.27. The number of anilines is 1. The van der Waals surface area contributed by atoms with Crippen molar-refractivity contribution in [3.8, 4) is 5.69 Å². The Hall–Kier alpha value is -2.26. The summed E-state index contributed by atoms with van der Waals surface area (Å²) in [6.07, 6.45) is 2.14. The van der Waals surface area contributed by atoms with Gasteiger partial charge in [0.15, 0.2) is 0 Å². The van der Waals surface area contributed by atoms with E-state index in [4.69, 9.17) is 4.74 Å². The topological polar surface area (TPSA) is 17.4 Å². The van der Waals surface area contributed by atoms with E-state index in [2.05, 4.69) is 70.3 Å². The molecule has 3 heteroatoms. The molecule has 21 heavy (non-hydrogen) atoms. The van der Waals surface area contributed by atoms with Crippen molar-refractivity contribution in [1.82, 2.24) is 4.57 Å². The summed E-state index contributed by atoms with van der Waals surface area (Å²) in [5.41, 5.74) is 3.73. The van der Waals surface area contributed by atoms with Gasteiger partial charge in [0.2, 0.25) is 0 Å². The number of ether oxygens (including phenoxy) is 1. The van der Waals surface area contributed by atoms with Gasteiger partial charge < -0.3 is 14.2 Å². The molecular weight excluding hydrogens is 260 g/mol. The summed E-state index contributed by atoms with van der Waals surface area (Å²) in [6, 6.07) is 19.4. The van der Waals surface area contributed by atoms with Gasteiger partial charge in [-0.15, -0.1) is 0 Å². The van der Waals surface area contributed by atoms with Crippen LogP contribution in [0.4, 0.5) is 5.69 Å². The maximum absolute atomic E-state index is 5.43. The molecule has 0 saturated carbocycles. The fourth-order valence-electron chi connectivity index (χ4n) is 2.97. The van der Waals surface area contributed by atoms with E-state index in [1.54, 1.807) is 0 Å². The summed E-state index contributed by atoms with van der Waals surface area (Å²) < 4.78 is 7.68. The summed E-state index contributed by atoms with van der Waals surface area (Å²) in [6.45, 7) is 3.57. The molecule has 0 radical (unpaired) electrons. The van der Waals surface area contributed by atoms with Gasteiger partial charge in [-0.3, -0.25) is 0 Å². The molecule has 0 spiro atoms. The smallest absolute Gasteiger partial charge is 0.0642 e. The first-order valence-corrected chi connectivity index (χ1v) is 7.41. The second-order valence-corrected chi connectivity index (χ2v) is 5.36. The van der Waals surface area contributed by atoms with Crippen LogP contribution >= 0.6 is 0 Å². The molecule has 0 aliphatic carbocycles. The minimum absolute atomic E-state index is 0.816. The molecule has 3 aromatic rings. The predicted molar refractivity (Wildman–Crippen MR) is 86.3 cm³/mol. The van der Waals surface area contributed by atoms with Gasteiger partial charge in [-0.05, 0) is 35.7 Å². The number of hydrogen-bond donors (Lipinski definition) is 0. The van der Waals surface area contributed by atoms with E-state index >= 15 is 0 Å². The number of rotatable bonds is 2. The zero-order chi connectivity index (χ0) is 14.1. The Morgan fingerprint density at radius 2 is 1.62 bits per heavy atom. The van der Waals surface area contributed by atoms with Crippen LogP contribution in [-0.4, -0.2) is 30.9 Å². The highest BCUT2D eigenvalue weighted by Gasteiger charge is 2.12. The Morgan fingerprint density at radius 1 is 0.810 bits per heavy atom. The highest BCUT2D eigenvalue weighted by molar-refractivity contribution is 5.82. The quantitative estimate of drug-likeness (QED) is 0.714. The molecule has 0 bridgehead atoms. The molecule has 1 aliphatic rings. The van der Waals surface area contributed by atoms with Crippen LogP contribution in [0.1, 0.15) is 0 Å². The van der Waals surface area contributed by atoms with Crippen LogP contribution < -0.4 is 4.90 Å². The second-order valence-electron chi connectivity index (χ2n) is 5.36. The Labute approximate surface area is 124 Å². The van der Waals surface area contributed by atoms with E-state index in [-0.39, 0.29) is 0 Å². The van der Waals surface area contributed by atoms with E-state index in [0.29, 0.717) is 0 Å². The maximum atomic E-state index is 5.43. The van der Waals surface area contributed by atoms with Crippen molar-refractivity contribution < 1.29 is 4.74 Å². The SMILES string of the molecule is c1cc(N2CCOCC2)cc(-n2ccc3ccccc32)c1. The normalized spacial score (nSPS) is 15.5. The molecule has 4 rings (SSSR count). The molecule has 1 fully saturated rings. The number of morpholine rings is 1. The van der Waals surface area contributed by atoms with Crippen LogP contribution in [0.15, 0.2) is 60.8 Å². The Morgan fingerprint density at radius 3 is 2.52 bits per heavy atom. The third-order valence-electron chi connectivity index (χ3n) is 4.08. The van der Waals surface area contributed by atoms with Crippen molar-refractivity contribution in [2.45, 2.75) is 0 Å². The van der Waals surface area contributed by atoms with Crippen molar-refractivity contribution in [3.05, 3.63) is 60.8 Å². The number of fused-ring (bicyclic) bond motifs is 1. The summed E-state index contributed by atoms with van der Waals surface area (Å²) in [5.74, 6) is 0. The zero-order valence-electron chi connectivity index (χ0n) is 11.9. The third-order valence-corrected chi connectivity index (χ3v) is 4.08. The van der Waals surface area contributed by atoms with Crippen molar-refractivity contribution in [1.29, 1.82) is 0 Å². The van der Waals surface area contributed by atoms with Gasteiger partial charge in [-0.2, -0.15) is 0 Å². The van der Waals surface area contributed by atoms with E-state index in [0.717, 1.165) is 26.3 Å². The fraction of sp³-hybridized carbons (Fsp3) is 0.222. The predicted octanol–water partition coefficient (Wildman–Crippen LogP) is 3.47. The van der Waals surface area contributed by atoms with Crippen molar-refractivity contribution in [2.75, 3.05) is 31.2 Å². The molecule has 0 amide bonds. The van der Waals surface area contributed by atoms with E-state index in [9.17, 15) is 0 Å². The first kappa shape index (κ1) is 12.5. The van der Waals surface area contributed by atoms with Gasteiger partial charge in [0.1, 0.15) is 0 Å². The molecule has 0 unspecified atom stereocenters. The van der Waals surface area contributed by atoms with Gasteiger partial charge >= 0.3 is 0 Å². The first-order chi connectivity index (χ1) is 10.4. The highest BCUT2D eigenvalue weighted by Crippen LogP contribution is 2.24. The van der Waals surface area contributed by atoms with E-state index in [1.807, 2.05) is 0 Å². The number of hydrogen-bond acceptors (Lipinski definition) is 2. The van der Waals surface area contributed by atoms with Gasteiger partial charge in [0.25, 0.3) is 0 Å². The third kappa shape index (κ3) is 2.30. The number of aromatic nitrogens is 1. The molecule has 0 N–H and O–H groups in total. The second kappa shape index (κ2) is 5.26. The Bertz CT molecular complexity index is 757. The average Bonchev–Trinajstić information content (AvgIpc) is 3.00. The van der Waals surface area contributed by atoms with E-state index < -0.39 is 0 Å². The number of nitrogens with zero attached hydrogens (tertiary/aromatic N) is 2. The van der Waals surface area contributed by atoms with Crippen molar-refractivity contribution in [3.63, 3.8) is 0 Å². The monoisotopic (exact) mass is 278 g/mol. The number of para-hydroxylation sites is 1. The maximum Gasteiger partial charge on any atom is 0.0642 e. The van der Waals surface area contributed by atoms with Crippen LogP contribution in [0.25, 0.3) is 16.6 Å². The van der Waals surface area contributed by atoms with Crippen molar-refractivity contribution >= 4 is 16.6 Å². The van der Waals surface area contributed by atoms with Gasteiger partial charge in [-0.1, -0.05) is 24.3 Å². The molecular formula is C18H18N2O. The standard InChI is InChI=1S/C18H18N2O/c1-2-7-18-15(4-1)8-9-20(18)17-6-3-5-16(14-17)19-10-12-21-13-11-19/h1-9,14H,10-13H2. The van der Waals surface area contributed by atoms with Crippen LogP contribution in [0.5, 0.6) is 0 Å². The van der Waals surface area contributed by atoms with Crippen LogP contribution in [0, 0.1) is 0 Å². The largest absolute Gasteiger partial charge is 0.378 e. The lowest BCUT2D eigenvalue weighted by molar-refractivity contribution is 0.122. The minimum Gasteiger partial charge on any atom is -0.378 e. The molecule has 1 aromatic heterocycles. The van der Waals surface area contributed by atoms with Gasteiger partial charge in [0.05, 0.1) is 18.7 Å². The molecule has 3 nitrogen and oxygen atoms in total. The molecule has 106 valence electrons. The van der Waals surface area contributed by atoms with Gasteiger partial charge in [0, 0.05) is 30.7 Å².